The van der Waals surface area contributed by atoms with Crippen LogP contribution in [0, 0.1) is 16.7 Å². The van der Waals surface area contributed by atoms with Crippen LogP contribution in [0.15, 0.2) is 48.3 Å². The van der Waals surface area contributed by atoms with E-state index in [0.717, 1.165) is 5.56 Å². The van der Waals surface area contributed by atoms with Gasteiger partial charge in [0, 0.05) is 6.21 Å². The topological polar surface area (TPSA) is 56.9 Å². The third kappa shape index (κ3) is 3.91. The lowest BCUT2D eigenvalue weighted by Gasteiger charge is -2.09. The molecule has 0 aliphatic heterocycles. The number of nitrogens with one attached hydrogen (secondary N) is 1. The highest BCUT2D eigenvalue weighted by Gasteiger charge is 2.05. The van der Waals surface area contributed by atoms with Gasteiger partial charge in [-0.2, -0.15) is 5.26 Å². The van der Waals surface area contributed by atoms with Crippen molar-refractivity contribution in [2.24, 2.45) is 0 Å². The first-order chi connectivity index (χ1) is 8.71. The zero-order chi connectivity index (χ0) is 13.4. The number of nitrogens with zero attached hydrogens (tertiary/aromatic N) is 1. The summed E-state index contributed by atoms with van der Waals surface area (Å²) in [6, 6.07) is 9.62. The molecule has 18 heavy (non-hydrogen) atoms. The Morgan fingerprint density at radius 1 is 1.50 bits per heavy atom. The predicted octanol–water partition coefficient (Wildman–Crippen LogP) is 3.80. The van der Waals surface area contributed by atoms with Gasteiger partial charge in [-0.25, -0.2) is 0 Å². The molecule has 0 bridgehead atoms. The zero-order valence-corrected chi connectivity index (χ0v) is 10.6. The van der Waals surface area contributed by atoms with Crippen LogP contribution < -0.4 is 4.74 Å². The van der Waals surface area contributed by atoms with E-state index in [9.17, 15) is 0 Å². The number of allylic oxidation sites excluding steroid dienone is 3. The van der Waals surface area contributed by atoms with Crippen molar-refractivity contribution < 1.29 is 4.74 Å². The maximum Gasteiger partial charge on any atom is 0.128 e. The molecule has 0 aliphatic carbocycles. The van der Waals surface area contributed by atoms with E-state index in [1.165, 1.54) is 6.21 Å². The molecule has 0 fully saturated rings. The molecule has 0 saturated carbocycles. The Balaban J connectivity index is 2.94. The third-order valence-corrected chi connectivity index (χ3v) is 2.37. The fourth-order valence-corrected chi connectivity index (χ4v) is 1.43. The molecule has 1 aromatic rings. The lowest BCUT2D eigenvalue weighted by Crippen LogP contribution is -1.95. The molecule has 0 spiro atoms. The summed E-state index contributed by atoms with van der Waals surface area (Å²) in [7, 11) is 0. The largest absolute Gasteiger partial charge is 0.457 e. The molecular formula is C15H16N2O. The molecule has 3 heteroatoms. The molecule has 1 rings (SSSR count). The Morgan fingerprint density at radius 2 is 2.28 bits per heavy atom. The molecule has 1 unspecified atom stereocenters. The fourth-order valence-electron chi connectivity index (χ4n) is 1.43. The number of nitriles is 1. The molecule has 92 valence electrons. The van der Waals surface area contributed by atoms with Crippen molar-refractivity contribution in [1.29, 1.82) is 10.7 Å². The second-order valence-corrected chi connectivity index (χ2v) is 3.76. The molecule has 1 N–H and O–H groups in total. The van der Waals surface area contributed by atoms with Gasteiger partial charge in [0.1, 0.15) is 11.5 Å². The van der Waals surface area contributed by atoms with Crippen LogP contribution in [0.2, 0.25) is 0 Å². The normalized spacial score (nSPS) is 13.1. The van der Waals surface area contributed by atoms with E-state index in [0.29, 0.717) is 11.5 Å². The Hall–Kier alpha value is -2.34. The average molecular weight is 240 g/mol. The van der Waals surface area contributed by atoms with Gasteiger partial charge >= 0.3 is 0 Å². The maximum atomic E-state index is 8.89. The maximum absolute atomic E-state index is 8.89. The number of ether oxygens (including phenoxy) is 1. The van der Waals surface area contributed by atoms with Crippen LogP contribution in [-0.4, -0.2) is 6.21 Å². The van der Waals surface area contributed by atoms with Gasteiger partial charge in [-0.1, -0.05) is 18.2 Å². The molecular weight excluding hydrogens is 224 g/mol. The predicted molar refractivity (Wildman–Crippen MR) is 72.8 cm³/mol. The van der Waals surface area contributed by atoms with Crippen LogP contribution in [0.3, 0.4) is 0 Å². The third-order valence-electron chi connectivity index (χ3n) is 2.37. The molecule has 0 heterocycles. The van der Waals surface area contributed by atoms with Crippen molar-refractivity contribution in [3.05, 3.63) is 53.8 Å². The second kappa shape index (κ2) is 7.08. The van der Waals surface area contributed by atoms with Crippen molar-refractivity contribution in [3.8, 4) is 11.8 Å². The zero-order valence-electron chi connectivity index (χ0n) is 10.6. The minimum Gasteiger partial charge on any atom is -0.457 e. The van der Waals surface area contributed by atoms with Crippen molar-refractivity contribution in [1.82, 2.24) is 0 Å². The quantitative estimate of drug-likeness (QED) is 0.483. The molecule has 0 saturated heterocycles. The monoisotopic (exact) mass is 240 g/mol. The Kier molecular flexibility index (Phi) is 5.40. The van der Waals surface area contributed by atoms with E-state index in [2.05, 4.69) is 6.07 Å². The molecule has 3 nitrogen and oxygen atoms in total. The van der Waals surface area contributed by atoms with Crippen molar-refractivity contribution in [3.63, 3.8) is 0 Å². The van der Waals surface area contributed by atoms with Crippen LogP contribution >= 0.6 is 0 Å². The van der Waals surface area contributed by atoms with Crippen LogP contribution in [0.1, 0.15) is 25.3 Å². The summed E-state index contributed by atoms with van der Waals surface area (Å²) in [5, 5.41) is 15.9. The van der Waals surface area contributed by atoms with Gasteiger partial charge in [0.2, 0.25) is 0 Å². The number of benzene rings is 1. The van der Waals surface area contributed by atoms with Crippen molar-refractivity contribution in [2.75, 3.05) is 0 Å². The van der Waals surface area contributed by atoms with E-state index >= 15 is 0 Å². The summed E-state index contributed by atoms with van der Waals surface area (Å²) in [5.74, 6) is 1.10. The summed E-state index contributed by atoms with van der Waals surface area (Å²) in [5.41, 5.74) is 0.921. The first-order valence-electron chi connectivity index (χ1n) is 5.72. The molecule has 0 aliphatic rings. The molecule has 1 atom stereocenters. The summed E-state index contributed by atoms with van der Waals surface area (Å²) >= 11 is 0. The standard InChI is InChI=1S/C15H16N2O/c1-3-5-14(8-9-16)18-15-7-4-6-13(10-15)12(2)11-17/h3-10,12,16H,1-2H3/b5-3-,14-8+,16-9?. The van der Waals surface area contributed by atoms with Crippen molar-refractivity contribution in [2.45, 2.75) is 19.8 Å². The highest BCUT2D eigenvalue weighted by molar-refractivity contribution is 5.69. The summed E-state index contributed by atoms with van der Waals surface area (Å²) < 4.78 is 5.64. The van der Waals surface area contributed by atoms with Gasteiger partial charge in [-0.05, 0) is 43.7 Å². The highest BCUT2D eigenvalue weighted by atomic mass is 16.5. The Morgan fingerprint density at radius 3 is 2.89 bits per heavy atom. The van der Waals surface area contributed by atoms with Gasteiger partial charge in [0.05, 0.1) is 12.0 Å². The molecule has 0 aromatic heterocycles. The van der Waals surface area contributed by atoms with Gasteiger partial charge in [-0.3, -0.25) is 0 Å². The molecule has 0 amide bonds. The Labute approximate surface area is 108 Å². The lowest BCUT2D eigenvalue weighted by molar-refractivity contribution is 0.444. The lowest BCUT2D eigenvalue weighted by atomic mass is 10.0. The summed E-state index contributed by atoms with van der Waals surface area (Å²) in [6.45, 7) is 3.73. The van der Waals surface area contributed by atoms with Gasteiger partial charge in [0.15, 0.2) is 0 Å². The molecule has 1 aromatic carbocycles. The van der Waals surface area contributed by atoms with E-state index in [4.69, 9.17) is 15.4 Å². The first kappa shape index (κ1) is 13.7. The minimum atomic E-state index is -0.162. The van der Waals surface area contributed by atoms with Crippen molar-refractivity contribution >= 4 is 6.21 Å². The SMILES string of the molecule is C/C=C\C(=C/C=N)Oc1cccc(C(C)C#N)c1. The number of hydrogen-bond acceptors (Lipinski definition) is 3. The summed E-state index contributed by atoms with van der Waals surface area (Å²) in [6.07, 6.45) is 6.38. The van der Waals surface area contributed by atoms with E-state index in [-0.39, 0.29) is 5.92 Å². The Bertz CT molecular complexity index is 509. The fraction of sp³-hybridized carbons (Fsp3) is 0.200. The van der Waals surface area contributed by atoms with Gasteiger partial charge in [0.25, 0.3) is 0 Å². The smallest absolute Gasteiger partial charge is 0.128 e. The van der Waals surface area contributed by atoms with E-state index in [1.54, 1.807) is 12.2 Å². The van der Waals surface area contributed by atoms with E-state index in [1.807, 2.05) is 44.2 Å². The minimum absolute atomic E-state index is 0.162. The van der Waals surface area contributed by atoms with Gasteiger partial charge in [-0.15, -0.1) is 0 Å². The second-order valence-electron chi connectivity index (χ2n) is 3.76. The first-order valence-corrected chi connectivity index (χ1v) is 5.72. The van der Waals surface area contributed by atoms with Crippen LogP contribution in [0.4, 0.5) is 0 Å². The van der Waals surface area contributed by atoms with E-state index < -0.39 is 0 Å². The summed E-state index contributed by atoms with van der Waals surface area (Å²) in [4.78, 5) is 0. The highest BCUT2D eigenvalue weighted by Crippen LogP contribution is 2.21. The van der Waals surface area contributed by atoms with Crippen LogP contribution in [0.25, 0.3) is 0 Å². The van der Waals surface area contributed by atoms with Crippen LogP contribution in [0.5, 0.6) is 5.75 Å². The number of hydrogen-bond donors (Lipinski definition) is 1. The molecule has 0 radical (unpaired) electrons. The number of rotatable bonds is 5. The average Bonchev–Trinajstić information content (AvgIpc) is 2.39. The van der Waals surface area contributed by atoms with Gasteiger partial charge < -0.3 is 10.1 Å². The van der Waals surface area contributed by atoms with Crippen LogP contribution in [-0.2, 0) is 0 Å².